The van der Waals surface area contributed by atoms with Crippen LogP contribution in [0.1, 0.15) is 34.8 Å². The van der Waals surface area contributed by atoms with Gasteiger partial charge in [0.15, 0.2) is 0 Å². The lowest BCUT2D eigenvalue weighted by Crippen LogP contribution is -2.30. The van der Waals surface area contributed by atoms with Crippen molar-refractivity contribution in [3.05, 3.63) is 69.2 Å². The largest absolute Gasteiger partial charge is 0.345 e. The average molecular weight is 365 g/mol. The molecular formula is C17H15BrClNO. The van der Waals surface area contributed by atoms with Gasteiger partial charge < -0.3 is 5.32 Å². The molecule has 2 nitrogen and oxygen atoms in total. The normalized spacial score (nSPS) is 15.5. The van der Waals surface area contributed by atoms with Crippen molar-refractivity contribution in [2.75, 3.05) is 0 Å². The molecule has 21 heavy (non-hydrogen) atoms. The van der Waals surface area contributed by atoms with Crippen molar-refractivity contribution in [2.45, 2.75) is 18.9 Å². The molecule has 1 aliphatic rings. The molecule has 0 aromatic heterocycles. The number of carbonyl (C=O) groups excluding carboxylic acids is 1. The summed E-state index contributed by atoms with van der Waals surface area (Å²) in [6.45, 7) is 0. The van der Waals surface area contributed by atoms with E-state index in [1.54, 1.807) is 0 Å². The van der Waals surface area contributed by atoms with Gasteiger partial charge in [-0.25, -0.2) is 0 Å². The molecule has 108 valence electrons. The molecule has 0 heterocycles. The molecule has 0 radical (unpaired) electrons. The molecule has 1 N–H and O–H groups in total. The third-order valence-electron chi connectivity index (χ3n) is 3.73. The van der Waals surface area contributed by atoms with Crippen LogP contribution >= 0.6 is 27.5 Å². The summed E-state index contributed by atoms with van der Waals surface area (Å²) < 4.78 is 0.813. The molecule has 4 heteroatoms. The summed E-state index contributed by atoms with van der Waals surface area (Å²) in [6.07, 6.45) is 2.31. The van der Waals surface area contributed by atoms with Gasteiger partial charge in [0.25, 0.3) is 5.91 Å². The van der Waals surface area contributed by atoms with E-state index in [1.165, 1.54) is 0 Å². The Bertz CT molecular complexity index is 652. The molecular weight excluding hydrogens is 350 g/mol. The van der Waals surface area contributed by atoms with Crippen LogP contribution in [0.15, 0.2) is 53.0 Å². The van der Waals surface area contributed by atoms with Crippen LogP contribution in [-0.4, -0.2) is 5.91 Å². The highest BCUT2D eigenvalue weighted by Gasteiger charge is 2.33. The van der Waals surface area contributed by atoms with Gasteiger partial charge in [-0.1, -0.05) is 35.9 Å². The maximum Gasteiger partial charge on any atom is 0.252 e. The van der Waals surface area contributed by atoms with Crippen molar-refractivity contribution >= 4 is 33.4 Å². The van der Waals surface area contributed by atoms with Crippen molar-refractivity contribution in [1.82, 2.24) is 5.32 Å². The Balaban J connectivity index is 1.81. The van der Waals surface area contributed by atoms with Crippen molar-refractivity contribution in [2.24, 2.45) is 5.92 Å². The molecule has 1 fully saturated rings. The molecule has 1 aliphatic carbocycles. The maximum atomic E-state index is 12.5. The Morgan fingerprint density at radius 1 is 1.14 bits per heavy atom. The standard InChI is InChI=1S/C17H15BrClNO/c18-15-4-2-1-3-14(15)17(21)20-16(11-5-6-11)12-7-9-13(19)10-8-12/h1-4,7-11,16H,5-6H2,(H,20,21)/t16-/m1/s1. The fourth-order valence-corrected chi connectivity index (χ4v) is 3.03. The number of rotatable bonds is 4. The molecule has 1 atom stereocenters. The minimum atomic E-state index is -0.0469. The number of benzene rings is 2. The second-order valence-electron chi connectivity index (χ2n) is 5.32. The summed E-state index contributed by atoms with van der Waals surface area (Å²) in [5.41, 5.74) is 1.78. The quantitative estimate of drug-likeness (QED) is 0.814. The molecule has 2 aromatic rings. The molecule has 0 spiro atoms. The molecule has 1 saturated carbocycles. The number of halogens is 2. The van der Waals surface area contributed by atoms with E-state index in [0.29, 0.717) is 16.5 Å². The van der Waals surface area contributed by atoms with Crippen LogP contribution in [0.3, 0.4) is 0 Å². The van der Waals surface area contributed by atoms with E-state index >= 15 is 0 Å². The van der Waals surface area contributed by atoms with Gasteiger partial charge in [-0.3, -0.25) is 4.79 Å². The van der Waals surface area contributed by atoms with Gasteiger partial charge >= 0.3 is 0 Å². The van der Waals surface area contributed by atoms with Gasteiger partial charge in [0.1, 0.15) is 0 Å². The first-order valence-corrected chi connectivity index (χ1v) is 8.13. The third-order valence-corrected chi connectivity index (χ3v) is 4.67. The summed E-state index contributed by atoms with van der Waals surface area (Å²) in [6, 6.07) is 15.3. The van der Waals surface area contributed by atoms with Gasteiger partial charge in [0.2, 0.25) is 0 Å². The number of amides is 1. The fraction of sp³-hybridized carbons (Fsp3) is 0.235. The van der Waals surface area contributed by atoms with E-state index in [9.17, 15) is 4.79 Å². The first-order valence-electron chi connectivity index (χ1n) is 6.96. The summed E-state index contributed by atoms with van der Waals surface area (Å²) in [7, 11) is 0. The second kappa shape index (κ2) is 6.20. The Morgan fingerprint density at radius 2 is 1.81 bits per heavy atom. The zero-order valence-corrected chi connectivity index (χ0v) is 13.7. The van der Waals surface area contributed by atoms with E-state index in [-0.39, 0.29) is 11.9 Å². The van der Waals surface area contributed by atoms with Gasteiger partial charge in [-0.2, -0.15) is 0 Å². The first kappa shape index (κ1) is 14.6. The maximum absolute atomic E-state index is 12.5. The van der Waals surface area contributed by atoms with Crippen molar-refractivity contribution in [3.63, 3.8) is 0 Å². The highest BCUT2D eigenvalue weighted by atomic mass is 79.9. The lowest BCUT2D eigenvalue weighted by molar-refractivity contribution is 0.0931. The summed E-state index contributed by atoms with van der Waals surface area (Å²) >= 11 is 9.37. The Hall–Kier alpha value is -1.32. The average Bonchev–Trinajstić information content (AvgIpc) is 3.31. The van der Waals surface area contributed by atoms with Crippen molar-refractivity contribution < 1.29 is 4.79 Å². The van der Waals surface area contributed by atoms with Crippen molar-refractivity contribution in [3.8, 4) is 0 Å². The molecule has 3 rings (SSSR count). The van der Waals surface area contributed by atoms with Gasteiger partial charge in [-0.05, 0) is 64.5 Å². The Kier molecular flexibility index (Phi) is 4.32. The monoisotopic (exact) mass is 363 g/mol. The van der Waals surface area contributed by atoms with Crippen LogP contribution in [0.5, 0.6) is 0 Å². The predicted octanol–water partition coefficient (Wildman–Crippen LogP) is 4.98. The second-order valence-corrected chi connectivity index (χ2v) is 6.61. The van der Waals surface area contributed by atoms with E-state index in [0.717, 1.165) is 22.9 Å². The molecule has 0 aliphatic heterocycles. The Morgan fingerprint density at radius 3 is 2.43 bits per heavy atom. The van der Waals surface area contributed by atoms with Crippen LogP contribution < -0.4 is 5.32 Å². The first-order chi connectivity index (χ1) is 10.1. The zero-order chi connectivity index (χ0) is 14.8. The lowest BCUT2D eigenvalue weighted by atomic mass is 10.0. The topological polar surface area (TPSA) is 29.1 Å². The van der Waals surface area contributed by atoms with Gasteiger partial charge in [0.05, 0.1) is 11.6 Å². The zero-order valence-electron chi connectivity index (χ0n) is 11.4. The molecule has 2 aromatic carbocycles. The SMILES string of the molecule is O=C(N[C@@H](c1ccc(Cl)cc1)C1CC1)c1ccccc1Br. The highest BCUT2D eigenvalue weighted by Crippen LogP contribution is 2.41. The van der Waals surface area contributed by atoms with Gasteiger partial charge in [-0.15, -0.1) is 0 Å². The molecule has 1 amide bonds. The predicted molar refractivity (Wildman–Crippen MR) is 88.5 cm³/mol. The van der Waals surface area contributed by atoms with E-state index in [1.807, 2.05) is 48.5 Å². The smallest absolute Gasteiger partial charge is 0.252 e. The van der Waals surface area contributed by atoms with E-state index in [2.05, 4.69) is 21.2 Å². The number of nitrogens with one attached hydrogen (secondary N) is 1. The summed E-state index contributed by atoms with van der Waals surface area (Å²) in [5.74, 6) is 0.479. The minimum Gasteiger partial charge on any atom is -0.345 e. The van der Waals surface area contributed by atoms with Crippen LogP contribution in [0.2, 0.25) is 5.02 Å². The minimum absolute atomic E-state index is 0.0469. The molecule has 0 bridgehead atoms. The molecule has 0 saturated heterocycles. The summed E-state index contributed by atoms with van der Waals surface area (Å²) in [4.78, 5) is 12.5. The fourth-order valence-electron chi connectivity index (χ4n) is 2.44. The van der Waals surface area contributed by atoms with Crippen LogP contribution in [0.4, 0.5) is 0 Å². The third kappa shape index (κ3) is 3.47. The van der Waals surface area contributed by atoms with E-state index < -0.39 is 0 Å². The number of hydrogen-bond acceptors (Lipinski definition) is 1. The number of hydrogen-bond donors (Lipinski definition) is 1. The molecule has 0 unspecified atom stereocenters. The lowest BCUT2D eigenvalue weighted by Gasteiger charge is -2.19. The highest BCUT2D eigenvalue weighted by molar-refractivity contribution is 9.10. The van der Waals surface area contributed by atoms with Crippen molar-refractivity contribution in [1.29, 1.82) is 0 Å². The number of carbonyl (C=O) groups is 1. The van der Waals surface area contributed by atoms with E-state index in [4.69, 9.17) is 11.6 Å². The van der Waals surface area contributed by atoms with Gasteiger partial charge in [0, 0.05) is 9.50 Å². The van der Waals surface area contributed by atoms with Crippen LogP contribution in [-0.2, 0) is 0 Å². The van der Waals surface area contributed by atoms with Crippen LogP contribution in [0, 0.1) is 5.92 Å². The summed E-state index contributed by atoms with van der Waals surface area (Å²) in [5, 5.41) is 3.87. The van der Waals surface area contributed by atoms with Crippen LogP contribution in [0.25, 0.3) is 0 Å². The Labute approximate surface area is 137 Å².